The number of anilines is 1. The van der Waals surface area contributed by atoms with Gasteiger partial charge < -0.3 is 15.0 Å². The third kappa shape index (κ3) is 4.61. The first kappa shape index (κ1) is 21.9. The second-order valence-corrected chi connectivity index (χ2v) is 7.88. The smallest absolute Gasteiger partial charge is 0.339 e. The predicted molar refractivity (Wildman–Crippen MR) is 126 cm³/mol. The van der Waals surface area contributed by atoms with Crippen molar-refractivity contribution in [2.24, 2.45) is 0 Å². The van der Waals surface area contributed by atoms with Crippen molar-refractivity contribution < 1.29 is 14.3 Å². The molecule has 0 fully saturated rings. The topological polar surface area (TPSA) is 84.1 Å². The van der Waals surface area contributed by atoms with E-state index in [9.17, 15) is 9.59 Å². The molecule has 0 spiro atoms. The molecule has 1 unspecified atom stereocenters. The normalized spacial score (nSPS) is 11.8. The van der Waals surface area contributed by atoms with Gasteiger partial charge in [-0.1, -0.05) is 60.5 Å². The van der Waals surface area contributed by atoms with Gasteiger partial charge >= 0.3 is 5.97 Å². The van der Waals surface area contributed by atoms with Crippen molar-refractivity contribution in [3.05, 3.63) is 82.3 Å². The molecule has 1 amide bonds. The molecule has 4 rings (SSSR count). The van der Waals surface area contributed by atoms with Crippen LogP contribution >= 0.6 is 23.2 Å². The highest BCUT2D eigenvalue weighted by atomic mass is 35.5. The zero-order valence-electron chi connectivity index (χ0n) is 17.1. The van der Waals surface area contributed by atoms with Gasteiger partial charge in [0.05, 0.1) is 26.6 Å². The lowest BCUT2D eigenvalue weighted by molar-refractivity contribution is -0.124. The average molecular weight is 468 g/mol. The summed E-state index contributed by atoms with van der Waals surface area (Å²) in [5.41, 5.74) is 3.01. The molecule has 2 N–H and O–H groups in total. The van der Waals surface area contributed by atoms with E-state index in [0.29, 0.717) is 39.1 Å². The Hall–Kier alpha value is -3.35. The van der Waals surface area contributed by atoms with Crippen LogP contribution in [-0.4, -0.2) is 27.9 Å². The van der Waals surface area contributed by atoms with Crippen LogP contribution in [-0.2, 0) is 9.53 Å². The summed E-state index contributed by atoms with van der Waals surface area (Å²) in [6.45, 7) is 1.76. The van der Waals surface area contributed by atoms with Crippen LogP contribution in [0.15, 0.2) is 66.7 Å². The van der Waals surface area contributed by atoms with Gasteiger partial charge in [-0.25, -0.2) is 9.78 Å². The summed E-state index contributed by atoms with van der Waals surface area (Å²) in [5.74, 6) is -0.523. The molecule has 6 nitrogen and oxygen atoms in total. The molecular formula is C24H19Cl2N3O3. The van der Waals surface area contributed by atoms with Gasteiger partial charge in [-0.2, -0.15) is 0 Å². The first-order chi connectivity index (χ1) is 15.5. The van der Waals surface area contributed by atoms with Crippen LogP contribution in [0.2, 0.25) is 10.0 Å². The van der Waals surface area contributed by atoms with Crippen molar-refractivity contribution in [2.75, 3.05) is 5.32 Å². The van der Waals surface area contributed by atoms with Gasteiger partial charge in [-0.3, -0.25) is 4.79 Å². The Labute approximate surface area is 194 Å². The summed E-state index contributed by atoms with van der Waals surface area (Å²) in [5, 5.41) is 3.40. The molecule has 3 aromatic carbocycles. The molecule has 0 aliphatic rings. The van der Waals surface area contributed by atoms with Gasteiger partial charge in [-0.05, 0) is 42.8 Å². The van der Waals surface area contributed by atoms with Gasteiger partial charge in [0.25, 0.3) is 5.91 Å². The maximum Gasteiger partial charge on any atom is 0.339 e. The van der Waals surface area contributed by atoms with E-state index >= 15 is 0 Å². The fourth-order valence-corrected chi connectivity index (χ4v) is 3.56. The number of fused-ring (bicyclic) bond motifs is 1. The molecule has 32 heavy (non-hydrogen) atoms. The molecule has 1 aromatic heterocycles. The number of nitrogens with zero attached hydrogens (tertiary/aromatic N) is 1. The van der Waals surface area contributed by atoms with E-state index in [4.69, 9.17) is 27.9 Å². The van der Waals surface area contributed by atoms with Crippen molar-refractivity contribution in [2.45, 2.75) is 19.4 Å². The number of aromatic amines is 1. The molecule has 0 bridgehead atoms. The molecule has 1 heterocycles. The molecule has 4 aromatic rings. The molecular weight excluding hydrogens is 449 g/mol. The van der Waals surface area contributed by atoms with Crippen molar-refractivity contribution in [1.82, 2.24) is 9.97 Å². The van der Waals surface area contributed by atoms with E-state index < -0.39 is 18.0 Å². The van der Waals surface area contributed by atoms with Gasteiger partial charge in [0.2, 0.25) is 0 Å². The van der Waals surface area contributed by atoms with E-state index in [2.05, 4.69) is 15.3 Å². The maximum absolute atomic E-state index is 13.0. The number of amides is 1. The predicted octanol–water partition coefficient (Wildman–Crippen LogP) is 6.11. The second kappa shape index (κ2) is 9.42. The van der Waals surface area contributed by atoms with Crippen molar-refractivity contribution in [3.8, 4) is 11.4 Å². The van der Waals surface area contributed by atoms with E-state index in [-0.39, 0.29) is 0 Å². The zero-order chi connectivity index (χ0) is 22.7. The fraction of sp³-hybridized carbons (Fsp3) is 0.125. The number of carbonyl (C=O) groups is 2. The lowest BCUT2D eigenvalue weighted by Crippen LogP contribution is -2.32. The first-order valence-corrected chi connectivity index (χ1v) is 10.7. The minimum Gasteiger partial charge on any atom is -0.449 e. The lowest BCUT2D eigenvalue weighted by Gasteiger charge is -2.17. The van der Waals surface area contributed by atoms with Gasteiger partial charge in [0, 0.05) is 11.3 Å². The molecule has 0 saturated carbocycles. The van der Waals surface area contributed by atoms with Gasteiger partial charge in [0.15, 0.2) is 6.10 Å². The number of nitrogens with one attached hydrogen (secondary N) is 2. The number of rotatable bonds is 6. The molecule has 8 heteroatoms. The Balaban J connectivity index is 1.55. The number of hydrogen-bond acceptors (Lipinski definition) is 4. The quantitative estimate of drug-likeness (QED) is 0.335. The number of hydrogen-bond donors (Lipinski definition) is 2. The number of H-pyrrole nitrogens is 1. The summed E-state index contributed by atoms with van der Waals surface area (Å²) in [4.78, 5) is 33.5. The Morgan fingerprint density at radius 2 is 1.78 bits per heavy atom. The molecule has 0 radical (unpaired) electrons. The Bertz CT molecular complexity index is 1270. The Morgan fingerprint density at radius 1 is 1.03 bits per heavy atom. The number of para-hydroxylation sites is 2. The van der Waals surface area contributed by atoms with Crippen LogP contribution < -0.4 is 5.32 Å². The fourth-order valence-electron chi connectivity index (χ4n) is 3.26. The van der Waals surface area contributed by atoms with Crippen molar-refractivity contribution in [1.29, 1.82) is 0 Å². The molecule has 0 aliphatic heterocycles. The van der Waals surface area contributed by atoms with Gasteiger partial charge in [-0.15, -0.1) is 0 Å². The summed E-state index contributed by atoms with van der Waals surface area (Å²) in [6, 6.07) is 19.3. The van der Waals surface area contributed by atoms with Crippen LogP contribution in [0.3, 0.4) is 0 Å². The number of halogens is 2. The first-order valence-electron chi connectivity index (χ1n) is 9.97. The van der Waals surface area contributed by atoms with Crippen LogP contribution in [0.25, 0.3) is 22.4 Å². The Morgan fingerprint density at radius 3 is 2.53 bits per heavy atom. The minimum absolute atomic E-state index is 0.297. The van der Waals surface area contributed by atoms with E-state index in [1.807, 2.05) is 30.3 Å². The largest absolute Gasteiger partial charge is 0.449 e. The average Bonchev–Trinajstić information content (AvgIpc) is 3.24. The number of esters is 1. The number of aromatic nitrogens is 2. The molecule has 1 atom stereocenters. The second-order valence-electron chi connectivity index (χ2n) is 7.07. The number of ether oxygens (including phenoxy) is 1. The van der Waals surface area contributed by atoms with Crippen molar-refractivity contribution in [3.63, 3.8) is 0 Å². The summed E-state index contributed by atoms with van der Waals surface area (Å²) >= 11 is 11.9. The van der Waals surface area contributed by atoms with E-state index in [1.165, 1.54) is 6.07 Å². The highest BCUT2D eigenvalue weighted by Gasteiger charge is 2.24. The number of carbonyl (C=O) groups excluding carboxylic acids is 2. The highest BCUT2D eigenvalue weighted by Crippen LogP contribution is 2.27. The standard InChI is InChI=1S/C24H19Cl2N3O3/c1-2-21(23(30)27-14-11-12-17(25)18(26)13-14)32-24(31)16-8-4-3-7-15(16)22-28-19-9-5-6-10-20(19)29-22/h3-13,21H,2H2,1H3,(H,27,30)(H,28,29). The summed E-state index contributed by atoms with van der Waals surface area (Å²) < 4.78 is 5.56. The number of imidazole rings is 1. The molecule has 0 aliphatic carbocycles. The van der Waals surface area contributed by atoms with Crippen LogP contribution in [0.1, 0.15) is 23.7 Å². The maximum atomic E-state index is 13.0. The third-order valence-corrected chi connectivity index (χ3v) is 5.63. The van der Waals surface area contributed by atoms with Crippen LogP contribution in [0.4, 0.5) is 5.69 Å². The third-order valence-electron chi connectivity index (χ3n) is 4.89. The van der Waals surface area contributed by atoms with Crippen LogP contribution in [0, 0.1) is 0 Å². The van der Waals surface area contributed by atoms with Crippen LogP contribution in [0.5, 0.6) is 0 Å². The molecule has 162 valence electrons. The zero-order valence-corrected chi connectivity index (χ0v) is 18.6. The van der Waals surface area contributed by atoms with E-state index in [1.54, 1.807) is 37.3 Å². The van der Waals surface area contributed by atoms with E-state index in [0.717, 1.165) is 11.0 Å². The minimum atomic E-state index is -0.985. The van der Waals surface area contributed by atoms with Crippen molar-refractivity contribution >= 4 is 51.8 Å². The summed E-state index contributed by atoms with van der Waals surface area (Å²) in [6.07, 6.45) is -0.688. The Kier molecular flexibility index (Phi) is 6.44. The number of benzene rings is 3. The van der Waals surface area contributed by atoms with Gasteiger partial charge in [0.1, 0.15) is 5.82 Å². The lowest BCUT2D eigenvalue weighted by atomic mass is 10.1. The molecule has 0 saturated heterocycles. The summed E-state index contributed by atoms with van der Waals surface area (Å²) in [7, 11) is 0. The monoisotopic (exact) mass is 467 g/mol. The SMILES string of the molecule is CCC(OC(=O)c1ccccc1-c1nc2ccccc2[nH]1)C(=O)Nc1ccc(Cl)c(Cl)c1. The highest BCUT2D eigenvalue weighted by molar-refractivity contribution is 6.42.